The third-order valence-corrected chi connectivity index (χ3v) is 6.68. The molecule has 1 aliphatic carbocycles. The van der Waals surface area contributed by atoms with Crippen molar-refractivity contribution in [1.29, 1.82) is 0 Å². The summed E-state index contributed by atoms with van der Waals surface area (Å²) in [5, 5.41) is 7.77. The van der Waals surface area contributed by atoms with Crippen LogP contribution >= 0.6 is 0 Å². The normalized spacial score (nSPS) is 14.1. The van der Waals surface area contributed by atoms with Crippen molar-refractivity contribution in [2.24, 2.45) is 10.7 Å². The summed E-state index contributed by atoms with van der Waals surface area (Å²) in [6.07, 6.45) is 7.10. The maximum Gasteiger partial charge on any atom is 0.254 e. The molecule has 1 saturated carbocycles. The van der Waals surface area contributed by atoms with Crippen molar-refractivity contribution in [3.05, 3.63) is 82.2 Å². The zero-order valence-electron chi connectivity index (χ0n) is 22.0. The Morgan fingerprint density at radius 3 is 2.46 bits per heavy atom. The summed E-state index contributed by atoms with van der Waals surface area (Å²) in [7, 11) is 0. The monoisotopic (exact) mass is 500 g/mol. The van der Waals surface area contributed by atoms with Crippen LogP contribution in [0.2, 0.25) is 0 Å². The molecule has 2 aromatic carbocycles. The molecule has 0 bridgehead atoms. The number of fused-ring (bicyclic) bond motifs is 1. The average Bonchev–Trinajstić information content (AvgIpc) is 3.69. The molecule has 0 atom stereocenters. The van der Waals surface area contributed by atoms with Gasteiger partial charge in [0.2, 0.25) is 6.41 Å². The second-order valence-electron chi connectivity index (χ2n) is 8.90. The minimum Gasteiger partial charge on any atom is -0.404 e. The molecule has 0 unspecified atom stereocenters. The zero-order chi connectivity index (χ0) is 27.0. The molecule has 4 rings (SSSR count). The molecule has 1 heterocycles. The molecular weight excluding hydrogens is 464 g/mol. The largest absolute Gasteiger partial charge is 0.404 e. The van der Waals surface area contributed by atoms with E-state index in [9.17, 15) is 9.59 Å². The Hall–Kier alpha value is -4.20. The van der Waals surface area contributed by atoms with Crippen molar-refractivity contribution in [1.82, 2.24) is 15.6 Å². The fourth-order valence-corrected chi connectivity index (χ4v) is 4.38. The van der Waals surface area contributed by atoms with Gasteiger partial charge in [0.1, 0.15) is 5.82 Å². The quantitative estimate of drug-likeness (QED) is 0.201. The molecule has 1 fully saturated rings. The van der Waals surface area contributed by atoms with Gasteiger partial charge >= 0.3 is 0 Å². The van der Waals surface area contributed by atoms with Gasteiger partial charge < -0.3 is 22.1 Å². The average molecular weight is 501 g/mol. The van der Waals surface area contributed by atoms with Crippen molar-refractivity contribution in [2.45, 2.75) is 59.2 Å². The first kappa shape index (κ1) is 27.4. The van der Waals surface area contributed by atoms with Gasteiger partial charge in [0.25, 0.3) is 5.91 Å². The van der Waals surface area contributed by atoms with Crippen LogP contribution in [0.4, 0.5) is 5.82 Å². The van der Waals surface area contributed by atoms with Crippen molar-refractivity contribution in [3.63, 3.8) is 0 Å². The number of hydrogen-bond acceptors (Lipinski definition) is 6. The van der Waals surface area contributed by atoms with Crippen LogP contribution in [0.3, 0.4) is 0 Å². The molecule has 37 heavy (non-hydrogen) atoms. The molecule has 6 N–H and O–H groups in total. The highest BCUT2D eigenvalue weighted by molar-refractivity contribution is 6.12. The highest BCUT2D eigenvalue weighted by Crippen LogP contribution is 2.45. The van der Waals surface area contributed by atoms with Crippen LogP contribution < -0.4 is 22.1 Å². The standard InChI is InChI=1S/C27H30N6O2.C2H6/c1-17-11-23-22(7-10-31-25(23)29)18(2)24(17)15-32-26(35)20(12-28)14-30-13-19-3-5-21(6-4-19)27(8-9-27)33-16-34;1-2/h3-7,10-12,14,16H,8-9,13,15,28H2,1-2H3,(H2,29,31)(H,32,35)(H,33,34);1-2H3/b20-12+,30-14?;. The Bertz CT molecular complexity index is 1320. The van der Waals surface area contributed by atoms with Crippen LogP contribution in [0.25, 0.3) is 10.8 Å². The predicted octanol–water partition coefficient (Wildman–Crippen LogP) is 3.92. The number of nitrogens with two attached hydrogens (primary N) is 2. The van der Waals surface area contributed by atoms with Gasteiger partial charge in [0, 0.05) is 30.5 Å². The van der Waals surface area contributed by atoms with Crippen LogP contribution in [-0.4, -0.2) is 23.5 Å². The minimum absolute atomic E-state index is 0.206. The topological polar surface area (TPSA) is 135 Å². The number of carbonyl (C=O) groups excluding carboxylic acids is 2. The third kappa shape index (κ3) is 6.14. The van der Waals surface area contributed by atoms with Crippen LogP contribution in [0, 0.1) is 13.8 Å². The van der Waals surface area contributed by atoms with E-state index in [1.165, 1.54) is 12.4 Å². The summed E-state index contributed by atoms with van der Waals surface area (Å²) in [6, 6.07) is 11.9. The number of nitrogen functional groups attached to an aromatic ring is 1. The number of hydrogen-bond donors (Lipinski definition) is 4. The summed E-state index contributed by atoms with van der Waals surface area (Å²) in [4.78, 5) is 32.1. The van der Waals surface area contributed by atoms with Gasteiger partial charge in [-0.3, -0.25) is 14.6 Å². The van der Waals surface area contributed by atoms with Crippen LogP contribution in [0.15, 0.2) is 59.4 Å². The molecule has 8 heteroatoms. The number of anilines is 1. The molecule has 2 amide bonds. The number of carbonyl (C=O) groups is 2. The molecule has 1 aliphatic rings. The molecule has 3 aromatic rings. The second kappa shape index (κ2) is 12.2. The van der Waals surface area contributed by atoms with Gasteiger partial charge in [-0.2, -0.15) is 0 Å². The Kier molecular flexibility index (Phi) is 9.00. The first-order valence-corrected chi connectivity index (χ1v) is 12.5. The molecular formula is C29H36N6O2. The molecule has 1 aromatic heterocycles. The van der Waals surface area contributed by atoms with E-state index in [0.717, 1.165) is 57.8 Å². The summed E-state index contributed by atoms with van der Waals surface area (Å²) >= 11 is 0. The van der Waals surface area contributed by atoms with E-state index >= 15 is 0 Å². The third-order valence-electron chi connectivity index (χ3n) is 6.68. The summed E-state index contributed by atoms with van der Waals surface area (Å²) < 4.78 is 0. The van der Waals surface area contributed by atoms with E-state index in [4.69, 9.17) is 11.5 Å². The smallest absolute Gasteiger partial charge is 0.254 e. The lowest BCUT2D eigenvalue weighted by Crippen LogP contribution is -2.27. The number of benzene rings is 2. The molecule has 0 aliphatic heterocycles. The van der Waals surface area contributed by atoms with E-state index < -0.39 is 0 Å². The number of rotatable bonds is 9. The van der Waals surface area contributed by atoms with E-state index in [2.05, 4.69) is 20.6 Å². The fraction of sp³-hybridized carbons (Fsp3) is 0.310. The van der Waals surface area contributed by atoms with Crippen molar-refractivity contribution >= 4 is 35.1 Å². The van der Waals surface area contributed by atoms with Crippen LogP contribution in [0.1, 0.15) is 54.5 Å². The summed E-state index contributed by atoms with van der Waals surface area (Å²) in [5.74, 6) is 0.198. The van der Waals surface area contributed by atoms with E-state index in [1.54, 1.807) is 6.20 Å². The Morgan fingerprint density at radius 1 is 1.14 bits per heavy atom. The number of nitrogens with one attached hydrogen (secondary N) is 2. The predicted molar refractivity (Wildman–Crippen MR) is 150 cm³/mol. The maximum absolute atomic E-state index is 12.7. The number of aromatic nitrogens is 1. The zero-order valence-corrected chi connectivity index (χ0v) is 22.0. The van der Waals surface area contributed by atoms with Crippen molar-refractivity contribution in [2.75, 3.05) is 5.73 Å². The SMILES string of the molecule is CC.Cc1cc2c(N)nccc2c(C)c1CNC(=O)/C(C=NCc1ccc(C2(NC=O)CC2)cc1)=C/N. The van der Waals surface area contributed by atoms with E-state index in [0.29, 0.717) is 24.5 Å². The van der Waals surface area contributed by atoms with Gasteiger partial charge in [0.05, 0.1) is 17.7 Å². The molecule has 0 spiro atoms. The number of aliphatic imine (C=N–C) groups is 1. The number of amides is 2. The van der Waals surface area contributed by atoms with E-state index in [1.807, 2.05) is 64.1 Å². The molecule has 8 nitrogen and oxygen atoms in total. The Labute approximate surface area is 218 Å². The lowest BCUT2D eigenvalue weighted by atomic mass is 9.96. The van der Waals surface area contributed by atoms with E-state index in [-0.39, 0.29) is 11.4 Å². The number of nitrogens with zero attached hydrogens (tertiary/aromatic N) is 2. The van der Waals surface area contributed by atoms with Crippen LogP contribution in [0.5, 0.6) is 0 Å². The van der Waals surface area contributed by atoms with Gasteiger partial charge in [0.15, 0.2) is 0 Å². The Balaban J connectivity index is 0.00000186. The number of aryl methyl sites for hydroxylation is 2. The van der Waals surface area contributed by atoms with Crippen molar-refractivity contribution < 1.29 is 9.59 Å². The summed E-state index contributed by atoms with van der Waals surface area (Å²) in [5.41, 5.74) is 17.0. The summed E-state index contributed by atoms with van der Waals surface area (Å²) in [6.45, 7) is 8.78. The lowest BCUT2D eigenvalue weighted by Gasteiger charge is -2.15. The second-order valence-corrected chi connectivity index (χ2v) is 8.90. The molecule has 0 saturated heterocycles. The molecule has 194 valence electrons. The van der Waals surface area contributed by atoms with Gasteiger partial charge in [-0.1, -0.05) is 38.1 Å². The number of pyridine rings is 1. The maximum atomic E-state index is 12.7. The van der Waals surface area contributed by atoms with Gasteiger partial charge in [-0.25, -0.2) is 4.98 Å². The highest BCUT2D eigenvalue weighted by atomic mass is 16.1. The first-order valence-electron chi connectivity index (χ1n) is 12.5. The lowest BCUT2D eigenvalue weighted by molar-refractivity contribution is -0.117. The first-order chi connectivity index (χ1) is 17.9. The van der Waals surface area contributed by atoms with Crippen LogP contribution in [-0.2, 0) is 28.2 Å². The van der Waals surface area contributed by atoms with Gasteiger partial charge in [-0.15, -0.1) is 0 Å². The fourth-order valence-electron chi connectivity index (χ4n) is 4.38. The Morgan fingerprint density at radius 2 is 1.84 bits per heavy atom. The minimum atomic E-state index is -0.296. The van der Waals surface area contributed by atoms with Crippen molar-refractivity contribution in [3.8, 4) is 0 Å². The van der Waals surface area contributed by atoms with Gasteiger partial charge in [-0.05, 0) is 72.0 Å². The highest BCUT2D eigenvalue weighted by Gasteiger charge is 2.43. The molecule has 0 radical (unpaired) electrons.